The first kappa shape index (κ1) is 61.1. The fourth-order valence-corrected chi connectivity index (χ4v) is 10.7. The van der Waals surface area contributed by atoms with Gasteiger partial charge in [-0.15, -0.1) is 0 Å². The molecule has 0 unspecified atom stereocenters. The van der Waals surface area contributed by atoms with E-state index in [1.54, 1.807) is 154 Å². The molecule has 0 aliphatic rings. The summed E-state index contributed by atoms with van der Waals surface area (Å²) in [5.41, 5.74) is 3.29. The summed E-state index contributed by atoms with van der Waals surface area (Å²) in [5, 5.41) is 13.1. The molecule has 18 rings (SSSR count). The molecule has 456 valence electrons. The predicted octanol–water partition coefficient (Wildman–Crippen LogP) is 12.3. The van der Waals surface area contributed by atoms with E-state index in [4.69, 9.17) is 0 Å². The summed E-state index contributed by atoms with van der Waals surface area (Å²) in [6.07, 6.45) is 29.1. The number of benzene rings is 2. The normalized spacial score (nSPS) is 10.8. The SMILES string of the molecule is O=c1c2ccccc2ccc2cnccc12.O=c1c2ccccc2ccc2cncnc12.O=c1c2ccncc2ccc2cnccc12.O=c1c2ccncc2ccc2ncccc12.O=c1c2cnccc2ccc2nccnc12.O=c1c2ncccc2ccc2nccnc12. The molecule has 18 aromatic rings. The highest BCUT2D eigenvalue weighted by Gasteiger charge is 2.08. The molecule has 0 atom stereocenters. The highest BCUT2D eigenvalue weighted by Crippen LogP contribution is 2.18. The van der Waals surface area contributed by atoms with Crippen LogP contribution in [-0.2, 0) is 0 Å². The molecule has 19 nitrogen and oxygen atoms in total. The molecule has 0 saturated heterocycles. The van der Waals surface area contributed by atoms with Crippen molar-refractivity contribution in [2.45, 2.75) is 0 Å². The van der Waals surface area contributed by atoms with Gasteiger partial charge in [-0.3, -0.25) is 73.6 Å². The fourth-order valence-electron chi connectivity index (χ4n) is 10.7. The van der Waals surface area contributed by atoms with E-state index in [9.17, 15) is 28.8 Å². The Labute approximate surface area is 541 Å². The van der Waals surface area contributed by atoms with Gasteiger partial charge in [-0.25, -0.2) is 19.9 Å². The van der Waals surface area contributed by atoms with Crippen molar-refractivity contribution < 1.29 is 0 Å². The summed E-state index contributed by atoms with van der Waals surface area (Å²) in [6, 6.07) is 53.6. The Hall–Kier alpha value is -13.8. The molecule has 0 aliphatic heterocycles. The van der Waals surface area contributed by atoms with E-state index in [0.29, 0.717) is 70.9 Å². The van der Waals surface area contributed by atoms with E-state index in [1.807, 2.05) is 115 Å². The molecule has 0 aliphatic carbocycles. The number of hydrogen-bond acceptors (Lipinski definition) is 19. The molecule has 96 heavy (non-hydrogen) atoms. The third-order valence-corrected chi connectivity index (χ3v) is 15.5. The van der Waals surface area contributed by atoms with Crippen LogP contribution in [0.15, 0.2) is 316 Å². The summed E-state index contributed by atoms with van der Waals surface area (Å²) >= 11 is 0. The number of hydrogen-bond donors (Lipinski definition) is 0. The van der Waals surface area contributed by atoms with Gasteiger partial charge in [0.05, 0.1) is 16.6 Å². The Balaban J connectivity index is 0.000000104. The van der Waals surface area contributed by atoms with Crippen LogP contribution in [0, 0.1) is 0 Å². The van der Waals surface area contributed by atoms with Crippen LogP contribution in [0.4, 0.5) is 0 Å². The highest BCUT2D eigenvalue weighted by atomic mass is 16.1. The summed E-state index contributed by atoms with van der Waals surface area (Å²) in [4.78, 5) is 126. The average Bonchev–Trinajstić information content (AvgIpc) is 1.80. The lowest BCUT2D eigenvalue weighted by Crippen LogP contribution is -2.02. The van der Waals surface area contributed by atoms with Gasteiger partial charge >= 0.3 is 0 Å². The number of rotatable bonds is 0. The second-order valence-corrected chi connectivity index (χ2v) is 21.2. The van der Waals surface area contributed by atoms with Crippen molar-refractivity contribution in [3.8, 4) is 0 Å². The molecule has 0 fully saturated rings. The molecule has 10 heterocycles. The zero-order chi connectivity index (χ0) is 65.7. The summed E-state index contributed by atoms with van der Waals surface area (Å²) in [5.74, 6) is 0. The van der Waals surface area contributed by atoms with Gasteiger partial charge in [-0.2, -0.15) is 0 Å². The fraction of sp³-hybridized carbons (Fsp3) is 0. The molecule has 10 aromatic heterocycles. The van der Waals surface area contributed by atoms with E-state index >= 15 is 0 Å². The second-order valence-electron chi connectivity index (χ2n) is 21.2. The van der Waals surface area contributed by atoms with E-state index in [0.717, 1.165) is 59.2 Å². The van der Waals surface area contributed by atoms with E-state index in [1.165, 1.54) is 18.7 Å². The minimum absolute atomic E-state index is 0.00509. The Kier molecular flexibility index (Phi) is 17.9. The van der Waals surface area contributed by atoms with Gasteiger partial charge in [-0.05, 0) is 82.9 Å². The quantitative estimate of drug-likeness (QED) is 0.136. The van der Waals surface area contributed by atoms with Crippen LogP contribution in [0.25, 0.3) is 130 Å². The van der Waals surface area contributed by atoms with Crippen molar-refractivity contribution >= 4 is 130 Å². The van der Waals surface area contributed by atoms with Crippen LogP contribution in [0.1, 0.15) is 0 Å². The smallest absolute Gasteiger partial charge is 0.232 e. The predicted molar refractivity (Wildman–Crippen MR) is 378 cm³/mol. The lowest BCUT2D eigenvalue weighted by molar-refractivity contribution is 1.22. The van der Waals surface area contributed by atoms with Crippen molar-refractivity contribution in [2.75, 3.05) is 0 Å². The largest absolute Gasteiger partial charge is 0.289 e. The average molecular weight is 1250 g/mol. The highest BCUT2D eigenvalue weighted by molar-refractivity contribution is 5.96. The van der Waals surface area contributed by atoms with Crippen LogP contribution in [0.3, 0.4) is 0 Å². The minimum atomic E-state index is -0.177. The third kappa shape index (κ3) is 13.1. The van der Waals surface area contributed by atoms with Gasteiger partial charge in [0, 0.05) is 181 Å². The van der Waals surface area contributed by atoms with Crippen LogP contribution in [0.2, 0.25) is 0 Å². The molecule has 0 radical (unpaired) electrons. The van der Waals surface area contributed by atoms with Crippen LogP contribution in [0.5, 0.6) is 0 Å². The Morgan fingerprint density at radius 1 is 0.177 bits per heavy atom. The molecule has 0 saturated carbocycles. The van der Waals surface area contributed by atoms with Gasteiger partial charge in [0.15, 0.2) is 16.3 Å². The molecule has 0 N–H and O–H groups in total. The molecular formula is C77H47N13O6. The maximum absolute atomic E-state index is 12.3. The standard InChI is InChI=1S/C14H9NO.3C13H8N2O.2C12H7N3O/c16-14-12-4-2-1-3-10(12)5-6-11-9-15-8-7-13(11)14;16-13-11-3-5-14-7-9(11)1-2-10-8-15-6-4-12(10)13;16-13-10-5-7-14-8-9(10)3-4-12-11(13)2-1-6-15-12;16-13-11-4-2-1-3-9(11)5-6-10-7-14-8-15-12(10)13;16-12-9-7-13-4-3-8(9)1-2-10-11(12)15-6-5-14-10;16-12-10-8(2-1-5-14-10)3-4-9-11(12)15-7-6-13-9/h1-9H;3*1-8H;2*1-7H. The number of pyridine rings is 7. The first-order valence-electron chi connectivity index (χ1n) is 29.7. The number of aromatic nitrogens is 13. The number of fused-ring (bicyclic) bond motifs is 12. The van der Waals surface area contributed by atoms with E-state index < -0.39 is 0 Å². The van der Waals surface area contributed by atoms with Gasteiger partial charge < -0.3 is 0 Å². The monoisotopic (exact) mass is 1250 g/mol. The lowest BCUT2D eigenvalue weighted by atomic mass is 10.1. The minimum Gasteiger partial charge on any atom is -0.289 e. The molecule has 0 spiro atoms. The van der Waals surface area contributed by atoms with Gasteiger partial charge in [0.2, 0.25) is 16.3 Å². The lowest BCUT2D eigenvalue weighted by Gasteiger charge is -1.89. The van der Waals surface area contributed by atoms with Crippen molar-refractivity contribution in [1.29, 1.82) is 0 Å². The van der Waals surface area contributed by atoms with E-state index in [-0.39, 0.29) is 32.6 Å². The van der Waals surface area contributed by atoms with Crippen LogP contribution in [-0.4, -0.2) is 64.8 Å². The summed E-state index contributed by atoms with van der Waals surface area (Å²) in [7, 11) is 0. The van der Waals surface area contributed by atoms with Gasteiger partial charge in [-0.1, -0.05) is 109 Å². The van der Waals surface area contributed by atoms with Gasteiger partial charge in [0.25, 0.3) is 0 Å². The first-order chi connectivity index (χ1) is 47.2. The van der Waals surface area contributed by atoms with Gasteiger partial charge in [0.1, 0.15) is 28.4 Å². The molecule has 0 amide bonds. The van der Waals surface area contributed by atoms with Crippen molar-refractivity contribution in [2.24, 2.45) is 0 Å². The maximum atomic E-state index is 12.3. The van der Waals surface area contributed by atoms with Crippen molar-refractivity contribution in [3.05, 3.63) is 349 Å². The molecule has 8 aromatic carbocycles. The molecular weight excluding hydrogens is 1200 g/mol. The number of nitrogens with zero attached hydrogens (tertiary/aromatic N) is 13. The van der Waals surface area contributed by atoms with Crippen molar-refractivity contribution in [3.63, 3.8) is 0 Å². The Bertz CT molecular complexity index is 5070. The molecule has 0 bridgehead atoms. The molecule has 19 heteroatoms. The Morgan fingerprint density at radius 2 is 0.521 bits per heavy atom. The zero-order valence-electron chi connectivity index (χ0n) is 50.4. The van der Waals surface area contributed by atoms with Crippen LogP contribution < -0.4 is 32.6 Å². The van der Waals surface area contributed by atoms with E-state index in [2.05, 4.69) is 64.8 Å². The zero-order valence-corrected chi connectivity index (χ0v) is 50.4. The Morgan fingerprint density at radius 3 is 1.11 bits per heavy atom. The summed E-state index contributed by atoms with van der Waals surface area (Å²) < 4.78 is 0. The van der Waals surface area contributed by atoms with Crippen LogP contribution >= 0.6 is 0 Å². The maximum Gasteiger partial charge on any atom is 0.232 e. The summed E-state index contributed by atoms with van der Waals surface area (Å²) in [6.45, 7) is 0. The first-order valence-corrected chi connectivity index (χ1v) is 29.7. The third-order valence-electron chi connectivity index (χ3n) is 15.5. The topological polar surface area (TPSA) is 270 Å². The van der Waals surface area contributed by atoms with Crippen molar-refractivity contribution in [1.82, 2.24) is 64.8 Å². The second kappa shape index (κ2) is 28.1.